The summed E-state index contributed by atoms with van der Waals surface area (Å²) in [5, 5.41) is 3.47. The number of aryl methyl sites for hydroxylation is 3. The first kappa shape index (κ1) is 15.4. The standard InChI is InChI=1S/C17H23N3O/c1-6-18-16(17-19-9-11(2)10-20-17)14-7-13(4)15(21-5)8-12(14)3/h7-10,16,18H,6H2,1-5H3. The molecule has 0 saturated heterocycles. The minimum atomic E-state index is 0.000191. The molecule has 4 heteroatoms. The molecule has 0 spiro atoms. The van der Waals surface area contributed by atoms with Crippen molar-refractivity contribution in [3.8, 4) is 5.75 Å². The zero-order chi connectivity index (χ0) is 15.4. The van der Waals surface area contributed by atoms with Gasteiger partial charge >= 0.3 is 0 Å². The number of methoxy groups -OCH3 is 1. The highest BCUT2D eigenvalue weighted by molar-refractivity contribution is 5.44. The fraction of sp³-hybridized carbons (Fsp3) is 0.412. The van der Waals surface area contributed by atoms with Gasteiger partial charge in [0.2, 0.25) is 0 Å². The molecule has 112 valence electrons. The Balaban J connectivity index is 2.47. The lowest BCUT2D eigenvalue weighted by Gasteiger charge is -2.20. The summed E-state index contributed by atoms with van der Waals surface area (Å²) in [7, 11) is 1.70. The molecule has 1 aromatic heterocycles. The number of ether oxygens (including phenoxy) is 1. The van der Waals surface area contributed by atoms with Crippen LogP contribution in [0.15, 0.2) is 24.5 Å². The van der Waals surface area contributed by atoms with Gasteiger partial charge in [-0.1, -0.05) is 13.0 Å². The highest BCUT2D eigenvalue weighted by Gasteiger charge is 2.19. The topological polar surface area (TPSA) is 47.0 Å². The maximum atomic E-state index is 5.39. The molecule has 1 heterocycles. The van der Waals surface area contributed by atoms with Gasteiger partial charge in [0, 0.05) is 12.4 Å². The van der Waals surface area contributed by atoms with Crippen LogP contribution < -0.4 is 10.1 Å². The van der Waals surface area contributed by atoms with Crippen molar-refractivity contribution in [3.05, 3.63) is 52.6 Å². The predicted molar refractivity (Wildman–Crippen MR) is 84.8 cm³/mol. The Morgan fingerprint density at radius 2 is 1.76 bits per heavy atom. The van der Waals surface area contributed by atoms with Crippen LogP contribution in [-0.2, 0) is 0 Å². The molecule has 0 amide bonds. The second-order valence-corrected chi connectivity index (χ2v) is 5.29. The summed E-state index contributed by atoms with van der Waals surface area (Å²) < 4.78 is 5.39. The molecular formula is C17H23N3O. The third-order valence-electron chi connectivity index (χ3n) is 3.56. The molecule has 1 atom stereocenters. The van der Waals surface area contributed by atoms with Crippen molar-refractivity contribution >= 4 is 0 Å². The van der Waals surface area contributed by atoms with Crippen LogP contribution in [0.2, 0.25) is 0 Å². The lowest BCUT2D eigenvalue weighted by Crippen LogP contribution is -2.25. The lowest BCUT2D eigenvalue weighted by atomic mass is 9.97. The average Bonchev–Trinajstić information content (AvgIpc) is 2.48. The zero-order valence-corrected chi connectivity index (χ0v) is 13.4. The predicted octanol–water partition coefficient (Wildman–Crippen LogP) is 3.11. The highest BCUT2D eigenvalue weighted by atomic mass is 16.5. The molecular weight excluding hydrogens is 262 g/mol. The highest BCUT2D eigenvalue weighted by Crippen LogP contribution is 2.28. The summed E-state index contributed by atoms with van der Waals surface area (Å²) in [5.41, 5.74) is 4.55. The van der Waals surface area contributed by atoms with Gasteiger partial charge in [-0.05, 0) is 55.6 Å². The smallest absolute Gasteiger partial charge is 0.149 e. The van der Waals surface area contributed by atoms with Gasteiger partial charge in [-0.3, -0.25) is 0 Å². The van der Waals surface area contributed by atoms with E-state index in [-0.39, 0.29) is 6.04 Å². The minimum Gasteiger partial charge on any atom is -0.496 e. The van der Waals surface area contributed by atoms with Gasteiger partial charge in [0.1, 0.15) is 11.6 Å². The Kier molecular flexibility index (Phi) is 4.91. The van der Waals surface area contributed by atoms with Crippen LogP contribution in [0, 0.1) is 20.8 Å². The quantitative estimate of drug-likeness (QED) is 0.917. The van der Waals surface area contributed by atoms with Gasteiger partial charge in [0.05, 0.1) is 13.2 Å². The molecule has 1 N–H and O–H groups in total. The van der Waals surface area contributed by atoms with Crippen molar-refractivity contribution in [3.63, 3.8) is 0 Å². The third kappa shape index (κ3) is 3.39. The number of aromatic nitrogens is 2. The van der Waals surface area contributed by atoms with Crippen molar-refractivity contribution in [2.45, 2.75) is 33.7 Å². The molecule has 2 rings (SSSR count). The van der Waals surface area contributed by atoms with Crippen molar-refractivity contribution in [2.24, 2.45) is 0 Å². The van der Waals surface area contributed by atoms with E-state index in [2.05, 4.69) is 48.2 Å². The van der Waals surface area contributed by atoms with Gasteiger partial charge in [-0.25, -0.2) is 9.97 Å². The zero-order valence-electron chi connectivity index (χ0n) is 13.4. The molecule has 4 nitrogen and oxygen atoms in total. The van der Waals surface area contributed by atoms with Crippen LogP contribution in [0.4, 0.5) is 0 Å². The molecule has 1 aromatic carbocycles. The Hall–Kier alpha value is -1.94. The van der Waals surface area contributed by atoms with Gasteiger partial charge in [0.15, 0.2) is 0 Å². The minimum absolute atomic E-state index is 0.000191. The molecule has 2 aromatic rings. The summed E-state index contributed by atoms with van der Waals surface area (Å²) in [5.74, 6) is 1.71. The van der Waals surface area contributed by atoms with Crippen molar-refractivity contribution in [2.75, 3.05) is 13.7 Å². The van der Waals surface area contributed by atoms with E-state index >= 15 is 0 Å². The van der Waals surface area contributed by atoms with E-state index in [4.69, 9.17) is 4.74 Å². The summed E-state index contributed by atoms with van der Waals surface area (Å²) in [4.78, 5) is 8.96. The second kappa shape index (κ2) is 6.68. The Morgan fingerprint density at radius 3 is 2.33 bits per heavy atom. The summed E-state index contributed by atoms with van der Waals surface area (Å²) in [6, 6.07) is 4.23. The number of hydrogen-bond donors (Lipinski definition) is 1. The molecule has 0 aliphatic rings. The third-order valence-corrected chi connectivity index (χ3v) is 3.56. The Morgan fingerprint density at radius 1 is 1.10 bits per heavy atom. The van der Waals surface area contributed by atoms with E-state index < -0.39 is 0 Å². The van der Waals surface area contributed by atoms with Crippen molar-refractivity contribution in [1.29, 1.82) is 0 Å². The fourth-order valence-electron chi connectivity index (χ4n) is 2.44. The van der Waals surface area contributed by atoms with E-state index in [0.717, 1.165) is 29.2 Å². The van der Waals surface area contributed by atoms with E-state index in [1.54, 1.807) is 7.11 Å². The van der Waals surface area contributed by atoms with Gasteiger partial charge in [-0.15, -0.1) is 0 Å². The SMILES string of the molecule is CCNC(c1ncc(C)cn1)c1cc(C)c(OC)cc1C. The number of nitrogens with one attached hydrogen (secondary N) is 1. The van der Waals surface area contributed by atoms with E-state index in [1.807, 2.05) is 19.3 Å². The number of rotatable bonds is 5. The molecule has 0 bridgehead atoms. The molecule has 21 heavy (non-hydrogen) atoms. The van der Waals surface area contributed by atoms with Crippen LogP contribution in [0.3, 0.4) is 0 Å². The normalized spacial score (nSPS) is 12.2. The molecule has 1 unspecified atom stereocenters. The molecule has 0 aliphatic carbocycles. The summed E-state index contributed by atoms with van der Waals surface area (Å²) in [6.45, 7) is 9.09. The van der Waals surface area contributed by atoms with Crippen LogP contribution in [0.5, 0.6) is 5.75 Å². The van der Waals surface area contributed by atoms with Crippen LogP contribution in [0.25, 0.3) is 0 Å². The molecule has 0 radical (unpaired) electrons. The lowest BCUT2D eigenvalue weighted by molar-refractivity contribution is 0.411. The first-order chi connectivity index (χ1) is 10.1. The van der Waals surface area contributed by atoms with Crippen LogP contribution in [-0.4, -0.2) is 23.6 Å². The maximum absolute atomic E-state index is 5.39. The first-order valence-electron chi connectivity index (χ1n) is 7.23. The average molecular weight is 285 g/mol. The summed E-state index contributed by atoms with van der Waals surface area (Å²) in [6.07, 6.45) is 3.72. The number of benzene rings is 1. The number of hydrogen-bond acceptors (Lipinski definition) is 4. The summed E-state index contributed by atoms with van der Waals surface area (Å²) >= 11 is 0. The largest absolute Gasteiger partial charge is 0.496 e. The van der Waals surface area contributed by atoms with Gasteiger partial charge in [-0.2, -0.15) is 0 Å². The monoisotopic (exact) mass is 285 g/mol. The second-order valence-electron chi connectivity index (χ2n) is 5.29. The molecule has 0 saturated carbocycles. The molecule has 0 aliphatic heterocycles. The molecule has 0 fully saturated rings. The Bertz CT molecular complexity index is 608. The maximum Gasteiger partial charge on any atom is 0.149 e. The van der Waals surface area contributed by atoms with E-state index in [9.17, 15) is 0 Å². The van der Waals surface area contributed by atoms with Crippen LogP contribution >= 0.6 is 0 Å². The first-order valence-corrected chi connectivity index (χ1v) is 7.23. The van der Waals surface area contributed by atoms with Crippen LogP contribution in [0.1, 0.15) is 41.0 Å². The van der Waals surface area contributed by atoms with E-state index in [1.165, 1.54) is 11.1 Å². The fourth-order valence-corrected chi connectivity index (χ4v) is 2.44. The van der Waals surface area contributed by atoms with Crippen molar-refractivity contribution < 1.29 is 4.74 Å². The van der Waals surface area contributed by atoms with Gasteiger partial charge < -0.3 is 10.1 Å². The van der Waals surface area contributed by atoms with Gasteiger partial charge in [0.25, 0.3) is 0 Å². The van der Waals surface area contributed by atoms with E-state index in [0.29, 0.717) is 0 Å². The Labute approximate surface area is 126 Å². The van der Waals surface area contributed by atoms with Crippen molar-refractivity contribution in [1.82, 2.24) is 15.3 Å². The number of nitrogens with zero attached hydrogens (tertiary/aromatic N) is 2.